The summed E-state index contributed by atoms with van der Waals surface area (Å²) in [5.74, 6) is 0.00191. The molecule has 1 N–H and O–H groups in total. The molecule has 0 bridgehead atoms. The molecule has 2 nitrogen and oxygen atoms in total. The van der Waals surface area contributed by atoms with Crippen LogP contribution in [0.5, 0.6) is 0 Å². The van der Waals surface area contributed by atoms with Gasteiger partial charge in [-0.2, -0.15) is 0 Å². The predicted molar refractivity (Wildman–Crippen MR) is 76.3 cm³/mol. The van der Waals surface area contributed by atoms with E-state index in [1.807, 2.05) is 30.3 Å². The summed E-state index contributed by atoms with van der Waals surface area (Å²) in [5.41, 5.74) is 1.12. The predicted octanol–water partition coefficient (Wildman–Crippen LogP) is 4.00. The molecule has 1 aromatic carbocycles. The van der Waals surface area contributed by atoms with Gasteiger partial charge in [0.2, 0.25) is 5.91 Å². The van der Waals surface area contributed by atoms with Gasteiger partial charge in [-0.3, -0.25) is 4.79 Å². The summed E-state index contributed by atoms with van der Waals surface area (Å²) in [6.07, 6.45) is 9.06. The van der Waals surface area contributed by atoms with Gasteiger partial charge >= 0.3 is 0 Å². The van der Waals surface area contributed by atoms with E-state index >= 15 is 0 Å². The van der Waals surface area contributed by atoms with Gasteiger partial charge in [0.15, 0.2) is 0 Å². The zero-order valence-corrected chi connectivity index (χ0v) is 11.4. The molecule has 1 atom stereocenters. The number of allylic oxidation sites excluding steroid dienone is 1. The largest absolute Gasteiger partial charge is 0.346 e. The van der Waals surface area contributed by atoms with Crippen molar-refractivity contribution in [2.24, 2.45) is 0 Å². The van der Waals surface area contributed by atoms with Gasteiger partial charge in [0.25, 0.3) is 0 Å². The van der Waals surface area contributed by atoms with Crippen molar-refractivity contribution >= 4 is 5.91 Å². The van der Waals surface area contributed by atoms with E-state index in [2.05, 4.69) is 24.4 Å². The molecular weight excluding hydrogens is 222 g/mol. The van der Waals surface area contributed by atoms with Crippen LogP contribution in [0.3, 0.4) is 0 Å². The van der Waals surface area contributed by atoms with Gasteiger partial charge in [-0.25, -0.2) is 0 Å². The molecule has 0 aliphatic heterocycles. The molecule has 0 heterocycles. The van der Waals surface area contributed by atoms with Crippen LogP contribution in [0.2, 0.25) is 0 Å². The Morgan fingerprint density at radius 3 is 2.61 bits per heavy atom. The highest BCUT2D eigenvalue weighted by Gasteiger charge is 2.07. The summed E-state index contributed by atoms with van der Waals surface area (Å²) in [7, 11) is 0. The van der Waals surface area contributed by atoms with Crippen LogP contribution >= 0.6 is 0 Å². The summed E-state index contributed by atoms with van der Waals surface area (Å²) in [6.45, 7) is 3.76. The maximum atomic E-state index is 11.2. The highest BCUT2D eigenvalue weighted by molar-refractivity contribution is 5.73. The highest BCUT2D eigenvalue weighted by atomic mass is 16.1. The van der Waals surface area contributed by atoms with Gasteiger partial charge in [-0.15, -0.1) is 0 Å². The van der Waals surface area contributed by atoms with Gasteiger partial charge in [-0.05, 0) is 18.4 Å². The number of unbranched alkanes of at least 4 members (excludes halogenated alkanes) is 3. The van der Waals surface area contributed by atoms with Gasteiger partial charge < -0.3 is 5.32 Å². The van der Waals surface area contributed by atoms with Crippen molar-refractivity contribution < 1.29 is 4.79 Å². The van der Waals surface area contributed by atoms with Crippen LogP contribution < -0.4 is 5.32 Å². The number of carbonyl (C=O) groups excluding carboxylic acids is 1. The first-order valence-corrected chi connectivity index (χ1v) is 6.72. The molecule has 0 spiro atoms. The number of carbonyl (C=O) groups is 1. The molecule has 2 heteroatoms. The van der Waals surface area contributed by atoms with E-state index in [1.165, 1.54) is 19.3 Å². The van der Waals surface area contributed by atoms with E-state index in [1.54, 1.807) is 6.92 Å². The maximum absolute atomic E-state index is 11.2. The molecule has 18 heavy (non-hydrogen) atoms. The van der Waals surface area contributed by atoms with Crippen LogP contribution in [0.4, 0.5) is 0 Å². The Balaban J connectivity index is 2.59. The van der Waals surface area contributed by atoms with E-state index in [-0.39, 0.29) is 11.9 Å². The Morgan fingerprint density at radius 1 is 1.28 bits per heavy atom. The number of nitrogens with one attached hydrogen (secondary N) is 1. The van der Waals surface area contributed by atoms with Crippen LogP contribution in [0.1, 0.15) is 51.1 Å². The van der Waals surface area contributed by atoms with Gasteiger partial charge in [-0.1, -0.05) is 62.2 Å². The van der Waals surface area contributed by atoms with Crippen molar-refractivity contribution in [1.29, 1.82) is 0 Å². The standard InChI is InChI=1S/C16H23NO/c1-3-4-5-6-10-13-16(17-14(2)18)15-11-8-7-9-12-15/h7-13,16H,3-6H2,1-2H3,(H,17,18)/b13-10+/t16-/m1/s1. The number of rotatable bonds is 7. The van der Waals surface area contributed by atoms with Crippen LogP contribution in [0, 0.1) is 0 Å². The van der Waals surface area contributed by atoms with Crippen molar-refractivity contribution in [1.82, 2.24) is 5.32 Å². The Morgan fingerprint density at radius 2 is 2.00 bits per heavy atom. The first-order valence-electron chi connectivity index (χ1n) is 6.72. The fourth-order valence-corrected chi connectivity index (χ4v) is 1.87. The minimum Gasteiger partial charge on any atom is -0.346 e. The van der Waals surface area contributed by atoms with E-state index in [0.717, 1.165) is 12.0 Å². The van der Waals surface area contributed by atoms with Crippen molar-refractivity contribution in [2.45, 2.75) is 45.6 Å². The lowest BCUT2D eigenvalue weighted by molar-refractivity contribution is -0.119. The minimum atomic E-state index is -0.00896. The topological polar surface area (TPSA) is 29.1 Å². The lowest BCUT2D eigenvalue weighted by atomic mass is 10.1. The minimum absolute atomic E-state index is 0.00191. The first kappa shape index (κ1) is 14.5. The number of hydrogen-bond donors (Lipinski definition) is 1. The van der Waals surface area contributed by atoms with E-state index < -0.39 is 0 Å². The SMILES string of the molecule is CCCCC/C=C/[C@@H](NC(C)=O)c1ccccc1. The molecular formula is C16H23NO. The third-order valence-corrected chi connectivity index (χ3v) is 2.82. The third-order valence-electron chi connectivity index (χ3n) is 2.82. The molecule has 1 aromatic rings. The van der Waals surface area contributed by atoms with Gasteiger partial charge in [0, 0.05) is 6.92 Å². The lowest BCUT2D eigenvalue weighted by Crippen LogP contribution is -2.24. The summed E-state index contributed by atoms with van der Waals surface area (Å²) in [4.78, 5) is 11.2. The zero-order chi connectivity index (χ0) is 13.2. The van der Waals surface area contributed by atoms with Gasteiger partial charge in [0.1, 0.15) is 0 Å². The molecule has 0 radical (unpaired) electrons. The quantitative estimate of drug-likeness (QED) is 0.571. The van der Waals surface area contributed by atoms with Crippen molar-refractivity contribution in [2.75, 3.05) is 0 Å². The molecule has 0 saturated carbocycles. The Labute approximate surface area is 110 Å². The highest BCUT2D eigenvalue weighted by Crippen LogP contribution is 2.14. The molecule has 98 valence electrons. The van der Waals surface area contributed by atoms with E-state index in [9.17, 15) is 4.79 Å². The third kappa shape index (κ3) is 5.67. The Kier molecular flexibility index (Phi) is 6.85. The molecule has 1 rings (SSSR count). The van der Waals surface area contributed by atoms with Crippen molar-refractivity contribution in [3.8, 4) is 0 Å². The van der Waals surface area contributed by atoms with E-state index in [0.29, 0.717) is 0 Å². The summed E-state index contributed by atoms with van der Waals surface area (Å²) >= 11 is 0. The average molecular weight is 245 g/mol. The Hall–Kier alpha value is -1.57. The molecule has 0 fully saturated rings. The number of hydrogen-bond acceptors (Lipinski definition) is 1. The van der Waals surface area contributed by atoms with Gasteiger partial charge in [0.05, 0.1) is 6.04 Å². The smallest absolute Gasteiger partial charge is 0.217 e. The molecule has 0 aliphatic carbocycles. The number of benzene rings is 1. The Bertz CT molecular complexity index is 370. The van der Waals surface area contributed by atoms with Crippen molar-refractivity contribution in [3.63, 3.8) is 0 Å². The van der Waals surface area contributed by atoms with Crippen molar-refractivity contribution in [3.05, 3.63) is 48.0 Å². The molecule has 1 amide bonds. The fourth-order valence-electron chi connectivity index (χ4n) is 1.87. The monoisotopic (exact) mass is 245 g/mol. The second kappa shape index (κ2) is 8.51. The summed E-state index contributed by atoms with van der Waals surface area (Å²) in [5, 5.41) is 2.96. The second-order valence-corrected chi connectivity index (χ2v) is 4.51. The van der Waals surface area contributed by atoms with E-state index in [4.69, 9.17) is 0 Å². The molecule has 0 aliphatic rings. The molecule has 0 saturated heterocycles. The van der Waals surface area contributed by atoms with Crippen LogP contribution in [0.15, 0.2) is 42.5 Å². The normalized spacial score (nSPS) is 12.6. The van der Waals surface area contributed by atoms with Crippen LogP contribution in [-0.4, -0.2) is 5.91 Å². The lowest BCUT2D eigenvalue weighted by Gasteiger charge is -2.14. The summed E-state index contributed by atoms with van der Waals surface area (Å²) in [6, 6.07) is 10.0. The van der Waals surface area contributed by atoms with Crippen LogP contribution in [-0.2, 0) is 4.79 Å². The molecule has 0 unspecified atom stereocenters. The summed E-state index contributed by atoms with van der Waals surface area (Å²) < 4.78 is 0. The first-order chi connectivity index (χ1) is 8.74. The fraction of sp³-hybridized carbons (Fsp3) is 0.438. The maximum Gasteiger partial charge on any atom is 0.217 e. The van der Waals surface area contributed by atoms with Crippen LogP contribution in [0.25, 0.3) is 0 Å². The zero-order valence-electron chi connectivity index (χ0n) is 11.4. The molecule has 0 aromatic heterocycles. The number of amides is 1. The average Bonchev–Trinajstić information content (AvgIpc) is 2.38. The second-order valence-electron chi connectivity index (χ2n) is 4.51.